The van der Waals surface area contributed by atoms with Crippen LogP contribution in [0.1, 0.15) is 103 Å². The number of hydrogen-bond donors (Lipinski definition) is 4. The number of rotatable bonds is 15. The van der Waals surface area contributed by atoms with Gasteiger partial charge in [0.25, 0.3) is 0 Å². The third-order valence-corrected chi connectivity index (χ3v) is 17.2. The molecule has 0 spiro atoms. The zero-order chi connectivity index (χ0) is 57.9. The third kappa shape index (κ3) is 10.9. The molecule has 8 atom stereocenters. The minimum Gasteiger partial charge on any atom is -0.508 e. The summed E-state index contributed by atoms with van der Waals surface area (Å²) in [6.07, 6.45) is 12.1. The van der Waals surface area contributed by atoms with Crippen molar-refractivity contribution in [2.75, 3.05) is 44.2 Å². The topological polar surface area (TPSA) is 177 Å². The summed E-state index contributed by atoms with van der Waals surface area (Å²) < 4.78 is 81.9. The Balaban J connectivity index is 0.771. The number of aliphatic hydroxyl groups excluding tert-OH is 1. The fourth-order valence-corrected chi connectivity index (χ4v) is 13.2. The monoisotopic (exact) mass is 1130 g/mol. The number of ether oxygens (including phenoxy) is 1. The molecule has 430 valence electrons. The molecule has 7 heterocycles. The van der Waals surface area contributed by atoms with Gasteiger partial charge in [-0.25, -0.2) is 22.0 Å². The summed E-state index contributed by atoms with van der Waals surface area (Å²) in [7, 11) is 0. The van der Waals surface area contributed by atoms with E-state index in [0.29, 0.717) is 67.1 Å². The van der Waals surface area contributed by atoms with Gasteiger partial charge in [0.2, 0.25) is 17.7 Å². The lowest BCUT2D eigenvalue weighted by Crippen LogP contribution is -2.59. The van der Waals surface area contributed by atoms with Crippen molar-refractivity contribution in [2.24, 2.45) is 5.41 Å². The lowest BCUT2D eigenvalue weighted by Gasteiger charge is -2.43. The van der Waals surface area contributed by atoms with Gasteiger partial charge >= 0.3 is 6.01 Å². The van der Waals surface area contributed by atoms with E-state index in [-0.39, 0.29) is 101 Å². The molecule has 2 bridgehead atoms. The second-order valence-corrected chi connectivity index (χ2v) is 23.7. The molecule has 5 aliphatic rings. The number of pyridine rings is 1. The molecular weight excluding hydrogens is 1060 g/mol. The van der Waals surface area contributed by atoms with Crippen molar-refractivity contribution >= 4 is 45.2 Å². The predicted octanol–water partition coefficient (Wildman–Crippen LogP) is 8.70. The van der Waals surface area contributed by atoms with Gasteiger partial charge in [-0.3, -0.25) is 24.3 Å². The van der Waals surface area contributed by atoms with E-state index in [1.54, 1.807) is 24.0 Å². The maximum Gasteiger partial charge on any atom is 0.319 e. The minimum atomic E-state index is -1.31. The number of terminal acetylenes is 1. The van der Waals surface area contributed by atoms with Crippen LogP contribution >= 0.6 is 0 Å². The molecule has 11 rings (SSSR count). The van der Waals surface area contributed by atoms with E-state index >= 15 is 8.78 Å². The van der Waals surface area contributed by atoms with Gasteiger partial charge in [-0.2, -0.15) is 9.97 Å². The molecule has 5 saturated heterocycles. The number of phenols is 1. The number of carbonyl (C=O) groups excluding carboxylic acids is 3. The van der Waals surface area contributed by atoms with Gasteiger partial charge in [0.15, 0.2) is 17.5 Å². The number of aromatic nitrogens is 3. The van der Waals surface area contributed by atoms with Crippen LogP contribution < -0.4 is 20.3 Å². The molecule has 2 aromatic heterocycles. The van der Waals surface area contributed by atoms with Crippen LogP contribution in [0.5, 0.6) is 11.8 Å². The highest BCUT2D eigenvalue weighted by atomic mass is 19.2. The number of aliphatic hydroxyl groups is 1. The lowest BCUT2D eigenvalue weighted by atomic mass is 9.83. The van der Waals surface area contributed by atoms with Crippen molar-refractivity contribution in [1.82, 2.24) is 40.3 Å². The highest BCUT2D eigenvalue weighted by Crippen LogP contribution is 2.41. The Kier molecular flexibility index (Phi) is 15.6. The number of piperazine rings is 1. The molecule has 6 aromatic rings. The normalized spacial score (nSPS) is 22.8. The molecular formula is C62H66F5N9O6. The lowest BCUT2D eigenvalue weighted by molar-refractivity contribution is -0.152. The number of fused-ring (bicyclic) bond motifs is 4. The number of hydrogen-bond acceptors (Lipinski definition) is 12. The summed E-state index contributed by atoms with van der Waals surface area (Å²) in [5, 5.41) is 29.3. The van der Waals surface area contributed by atoms with Gasteiger partial charge in [-0.1, -0.05) is 57.0 Å². The molecule has 82 heavy (non-hydrogen) atoms. The highest BCUT2D eigenvalue weighted by Gasteiger charge is 2.50. The van der Waals surface area contributed by atoms with E-state index < -0.39 is 76.1 Å². The minimum absolute atomic E-state index is 0.0173. The van der Waals surface area contributed by atoms with Crippen molar-refractivity contribution in [3.63, 3.8) is 0 Å². The number of amides is 3. The summed E-state index contributed by atoms with van der Waals surface area (Å²) in [6.45, 7) is 10.2. The first-order chi connectivity index (χ1) is 39.3. The van der Waals surface area contributed by atoms with Crippen molar-refractivity contribution in [3.8, 4) is 46.5 Å². The molecule has 2 unspecified atom stereocenters. The highest BCUT2D eigenvalue weighted by molar-refractivity contribution is 6.03. The fraction of sp³-hybridized carbons (Fsp3) is 0.452. The third-order valence-electron chi connectivity index (χ3n) is 17.2. The van der Waals surface area contributed by atoms with Crippen molar-refractivity contribution < 1.29 is 51.3 Å². The van der Waals surface area contributed by atoms with Crippen LogP contribution in [-0.2, 0) is 14.4 Å². The van der Waals surface area contributed by atoms with Crippen LogP contribution in [0, 0.1) is 46.8 Å². The number of carbonyl (C=O) groups is 3. The number of benzene rings is 4. The molecule has 0 radical (unpaired) electrons. The Morgan fingerprint density at radius 1 is 0.915 bits per heavy atom. The molecule has 15 nitrogen and oxygen atoms in total. The molecule has 4 aromatic carbocycles. The van der Waals surface area contributed by atoms with E-state index in [4.69, 9.17) is 16.1 Å². The Morgan fingerprint density at radius 2 is 1.65 bits per heavy atom. The van der Waals surface area contributed by atoms with Crippen LogP contribution in [0.3, 0.4) is 0 Å². The first-order valence-corrected chi connectivity index (χ1v) is 28.3. The van der Waals surface area contributed by atoms with Crippen molar-refractivity contribution in [2.45, 2.75) is 134 Å². The van der Waals surface area contributed by atoms with Crippen LogP contribution in [-0.4, -0.2) is 139 Å². The summed E-state index contributed by atoms with van der Waals surface area (Å²) >= 11 is 0. The molecule has 5 aliphatic heterocycles. The average Bonchev–Trinajstić information content (AvgIpc) is 3.71. The van der Waals surface area contributed by atoms with E-state index in [1.807, 2.05) is 20.8 Å². The largest absolute Gasteiger partial charge is 0.508 e. The van der Waals surface area contributed by atoms with Gasteiger partial charge < -0.3 is 40.3 Å². The maximum atomic E-state index is 17.3. The predicted molar refractivity (Wildman–Crippen MR) is 299 cm³/mol. The van der Waals surface area contributed by atoms with Gasteiger partial charge in [-0.05, 0) is 117 Å². The quantitative estimate of drug-likeness (QED) is 0.0438. The number of anilines is 1. The summed E-state index contributed by atoms with van der Waals surface area (Å²) in [5.74, 6) is -3.32. The number of likely N-dealkylation sites (tertiary alicyclic amines) is 3. The zero-order valence-electron chi connectivity index (χ0n) is 46.2. The molecule has 5 fully saturated rings. The number of aromatic hydroxyl groups is 1. The van der Waals surface area contributed by atoms with E-state index in [1.165, 1.54) is 47.5 Å². The second kappa shape index (κ2) is 22.7. The molecule has 4 N–H and O–H groups in total. The summed E-state index contributed by atoms with van der Waals surface area (Å²) in [6, 6.07) is 10.5. The van der Waals surface area contributed by atoms with E-state index in [2.05, 4.69) is 36.3 Å². The maximum absolute atomic E-state index is 17.3. The Labute approximate surface area is 472 Å². The first-order valence-electron chi connectivity index (χ1n) is 28.3. The Hall–Kier alpha value is -7.47. The van der Waals surface area contributed by atoms with Crippen molar-refractivity contribution in [3.05, 3.63) is 107 Å². The Bertz CT molecular complexity index is 3510. The molecule has 20 heteroatoms. The smallest absolute Gasteiger partial charge is 0.319 e. The van der Waals surface area contributed by atoms with Crippen LogP contribution in [0.4, 0.5) is 27.8 Å². The van der Waals surface area contributed by atoms with Crippen LogP contribution in [0.15, 0.2) is 66.9 Å². The van der Waals surface area contributed by atoms with Gasteiger partial charge in [0.05, 0.1) is 28.7 Å². The number of nitrogens with one attached hydrogen (secondary N) is 2. The Morgan fingerprint density at radius 3 is 2.38 bits per heavy atom. The molecule has 0 aliphatic carbocycles. The zero-order valence-corrected chi connectivity index (χ0v) is 46.2. The van der Waals surface area contributed by atoms with Gasteiger partial charge in [-0.15, -0.1) is 6.42 Å². The van der Waals surface area contributed by atoms with Gasteiger partial charge in [0, 0.05) is 73.8 Å². The summed E-state index contributed by atoms with van der Waals surface area (Å²) in [4.78, 5) is 64.6. The fourth-order valence-electron chi connectivity index (χ4n) is 13.2. The molecule has 0 saturated carbocycles. The SMILES string of the molecule is C#Cc1c(F)ccc2cc(O)cc(-c3ncc4c(N5CC6CCC(C5)N6)nc(OC[C@@H]5CCCN5CCC[C@H]5CCC(=O)N5[C@H](C(=O)N5C[C@H](O)C[C@H]5C(=O)N[C@@H](C)c5ccc(-c6c(F)ccc(F)c6F)cc5)C(C)(C)C)nc4c3F)c12. The average molecular weight is 1130 g/mol. The standard InChI is InChI=1S/C62H66F5N9O6/c1-6-43-46(63)19-15-36-25-41(77)26-44(51(36)43)55-54(67)56-45(28-68-55)58(74-29-37-16-17-38(30-74)70-37)72-61(71-56)82-32-40-10-8-24-73(40)23-7-9-39-18-22-50(79)76(39)57(62(3,4)5)60(81)75-31-42(78)27-49(75)59(80)69-33(2)34-11-13-35(14-12-34)52-47(64)20-21-48(65)53(52)66/h1,11-15,19-21,25-26,28,33,37-40,42,49,57,70,77-78H,7-10,16-18,22-24,27,29-32H2,2-5H3,(H,69,80)/t33-,37?,38?,39-,40-,42+,49-,57+/m0/s1. The van der Waals surface area contributed by atoms with E-state index in [9.17, 15) is 37.8 Å². The number of phenolic OH excluding ortho intramolecular Hbond substituents is 1. The number of halogens is 5. The van der Waals surface area contributed by atoms with Crippen LogP contribution in [0.2, 0.25) is 0 Å². The number of nitrogens with zero attached hydrogens (tertiary/aromatic N) is 7. The van der Waals surface area contributed by atoms with Gasteiger partial charge in [0.1, 0.15) is 53.1 Å². The van der Waals surface area contributed by atoms with E-state index in [0.717, 1.165) is 38.3 Å². The second-order valence-electron chi connectivity index (χ2n) is 23.7. The van der Waals surface area contributed by atoms with Crippen molar-refractivity contribution in [1.29, 1.82) is 0 Å². The molecule has 3 amide bonds. The number of β-amino-alcohol motifs (C(OH)–C–C–N with tert-alkyl or cyclic N) is 1. The summed E-state index contributed by atoms with van der Waals surface area (Å²) in [5.41, 5.74) is -0.785. The van der Waals surface area contributed by atoms with Crippen LogP contribution in [0.25, 0.3) is 44.1 Å². The first kappa shape index (κ1) is 56.4.